The normalized spacial score (nSPS) is 34.7. The van der Waals surface area contributed by atoms with E-state index in [2.05, 4.69) is 41.0 Å². The maximum atomic E-state index is 10.8. The van der Waals surface area contributed by atoms with E-state index in [1.54, 1.807) is 0 Å². The van der Waals surface area contributed by atoms with Gasteiger partial charge in [-0.15, -0.1) is 0 Å². The highest BCUT2D eigenvalue weighted by Crippen LogP contribution is 2.40. The second-order valence-corrected chi connectivity index (χ2v) is 7.08. The molecule has 3 nitrogen and oxygen atoms in total. The highest BCUT2D eigenvalue weighted by Gasteiger charge is 2.38. The van der Waals surface area contributed by atoms with Crippen LogP contribution < -0.4 is 0 Å². The molecular formula is C18H26N2O. The number of aliphatic hydroxyl groups is 1. The van der Waals surface area contributed by atoms with Crippen LogP contribution in [0, 0.1) is 0 Å². The molecule has 1 saturated carbocycles. The van der Waals surface area contributed by atoms with E-state index in [-0.39, 0.29) is 6.10 Å². The molecule has 0 bridgehead atoms. The van der Waals surface area contributed by atoms with Crippen LogP contribution in [-0.4, -0.2) is 53.2 Å². The fourth-order valence-electron chi connectivity index (χ4n) is 4.28. The summed E-state index contributed by atoms with van der Waals surface area (Å²) in [6.45, 7) is 6.91. The van der Waals surface area contributed by atoms with Crippen LogP contribution in [0.3, 0.4) is 0 Å². The third-order valence-electron chi connectivity index (χ3n) is 5.69. The van der Waals surface area contributed by atoms with Crippen molar-refractivity contribution in [3.05, 3.63) is 35.4 Å². The second-order valence-electron chi connectivity index (χ2n) is 7.08. The topological polar surface area (TPSA) is 26.7 Å². The van der Waals surface area contributed by atoms with Gasteiger partial charge in [-0.2, -0.15) is 0 Å². The average molecular weight is 286 g/mol. The number of hydrogen-bond donors (Lipinski definition) is 1. The van der Waals surface area contributed by atoms with Gasteiger partial charge in [0.05, 0.1) is 6.10 Å². The summed E-state index contributed by atoms with van der Waals surface area (Å²) in [4.78, 5) is 5.18. The zero-order chi connectivity index (χ0) is 14.4. The molecule has 2 fully saturated rings. The van der Waals surface area contributed by atoms with E-state index in [1.165, 1.54) is 31.5 Å². The summed E-state index contributed by atoms with van der Waals surface area (Å²) in [5, 5.41) is 10.8. The second kappa shape index (κ2) is 5.38. The van der Waals surface area contributed by atoms with Gasteiger partial charge in [0.1, 0.15) is 0 Å². The van der Waals surface area contributed by atoms with Crippen LogP contribution in [0.4, 0.5) is 0 Å². The lowest BCUT2D eigenvalue weighted by molar-refractivity contribution is 0.00314. The maximum Gasteiger partial charge on any atom is 0.0948 e. The van der Waals surface area contributed by atoms with Gasteiger partial charge >= 0.3 is 0 Å². The third kappa shape index (κ3) is 2.52. The SMILES string of the molecule is CC1CC(N2CCN(C3CC3)CC2)C(O)c2ccccc21. The van der Waals surface area contributed by atoms with Crippen molar-refractivity contribution in [2.75, 3.05) is 26.2 Å². The van der Waals surface area contributed by atoms with E-state index in [0.717, 1.165) is 31.1 Å². The van der Waals surface area contributed by atoms with Gasteiger partial charge in [-0.3, -0.25) is 9.80 Å². The predicted octanol–water partition coefficient (Wildman–Crippen LogP) is 2.38. The summed E-state index contributed by atoms with van der Waals surface area (Å²) >= 11 is 0. The van der Waals surface area contributed by atoms with Crippen LogP contribution in [0.1, 0.15) is 49.3 Å². The minimum atomic E-state index is -0.315. The number of rotatable bonds is 2. The summed E-state index contributed by atoms with van der Waals surface area (Å²) in [7, 11) is 0. The van der Waals surface area contributed by atoms with Crippen molar-refractivity contribution in [2.24, 2.45) is 0 Å². The number of benzene rings is 1. The van der Waals surface area contributed by atoms with E-state index in [1.807, 2.05) is 0 Å². The van der Waals surface area contributed by atoms with E-state index in [4.69, 9.17) is 0 Å². The van der Waals surface area contributed by atoms with Crippen LogP contribution in [0.2, 0.25) is 0 Å². The number of aliphatic hydroxyl groups excluding tert-OH is 1. The Morgan fingerprint density at radius 2 is 1.57 bits per heavy atom. The zero-order valence-corrected chi connectivity index (χ0v) is 12.9. The molecule has 0 amide bonds. The summed E-state index contributed by atoms with van der Waals surface area (Å²) in [6.07, 6.45) is 3.57. The van der Waals surface area contributed by atoms with E-state index in [0.29, 0.717) is 12.0 Å². The first kappa shape index (κ1) is 13.7. The summed E-state index contributed by atoms with van der Waals surface area (Å²) < 4.78 is 0. The standard InChI is InChI=1S/C18H26N2O/c1-13-12-17(18(21)16-5-3-2-4-15(13)16)20-10-8-19(9-11-20)14-6-7-14/h2-5,13-14,17-18,21H,6-12H2,1H3. The lowest BCUT2D eigenvalue weighted by Crippen LogP contribution is -2.53. The molecule has 3 aliphatic rings. The Balaban J connectivity index is 1.49. The van der Waals surface area contributed by atoms with Crippen LogP contribution in [0.25, 0.3) is 0 Å². The lowest BCUT2D eigenvalue weighted by Gasteiger charge is -2.44. The quantitative estimate of drug-likeness (QED) is 0.904. The Bertz CT molecular complexity index is 506. The molecule has 4 rings (SSSR count). The molecular weight excluding hydrogens is 260 g/mol. The smallest absolute Gasteiger partial charge is 0.0948 e. The largest absolute Gasteiger partial charge is 0.387 e. The van der Waals surface area contributed by atoms with Gasteiger partial charge in [0.25, 0.3) is 0 Å². The fourth-order valence-corrected chi connectivity index (χ4v) is 4.28. The molecule has 0 spiro atoms. The molecule has 2 aliphatic carbocycles. The number of fused-ring (bicyclic) bond motifs is 1. The molecule has 1 aliphatic heterocycles. The number of nitrogens with zero attached hydrogens (tertiary/aromatic N) is 2. The molecule has 0 radical (unpaired) electrons. The van der Waals surface area contributed by atoms with Gasteiger partial charge in [0.2, 0.25) is 0 Å². The van der Waals surface area contributed by atoms with Crippen molar-refractivity contribution in [3.8, 4) is 0 Å². The molecule has 21 heavy (non-hydrogen) atoms. The van der Waals surface area contributed by atoms with Crippen LogP contribution >= 0.6 is 0 Å². The molecule has 3 atom stereocenters. The van der Waals surface area contributed by atoms with Crippen molar-refractivity contribution in [1.29, 1.82) is 0 Å². The monoisotopic (exact) mass is 286 g/mol. The Hall–Kier alpha value is -0.900. The Morgan fingerprint density at radius 1 is 0.952 bits per heavy atom. The first-order valence-corrected chi connectivity index (χ1v) is 8.49. The van der Waals surface area contributed by atoms with Gasteiger partial charge in [-0.05, 0) is 36.3 Å². The first-order valence-electron chi connectivity index (χ1n) is 8.49. The fraction of sp³-hybridized carbons (Fsp3) is 0.667. The molecule has 0 aromatic heterocycles. The van der Waals surface area contributed by atoms with Gasteiger partial charge in [-0.1, -0.05) is 31.2 Å². The summed E-state index contributed by atoms with van der Waals surface area (Å²) in [6, 6.07) is 9.63. The Labute approximate surface area is 127 Å². The molecule has 114 valence electrons. The highest BCUT2D eigenvalue weighted by molar-refractivity contribution is 5.35. The average Bonchev–Trinajstić information content (AvgIpc) is 3.36. The van der Waals surface area contributed by atoms with Crippen LogP contribution in [0.5, 0.6) is 0 Å². The molecule has 1 aromatic rings. The third-order valence-corrected chi connectivity index (χ3v) is 5.69. The van der Waals surface area contributed by atoms with Crippen LogP contribution in [-0.2, 0) is 0 Å². The lowest BCUT2D eigenvalue weighted by atomic mass is 9.78. The minimum Gasteiger partial charge on any atom is -0.387 e. The van der Waals surface area contributed by atoms with Crippen molar-refractivity contribution in [1.82, 2.24) is 9.80 Å². The van der Waals surface area contributed by atoms with Gasteiger partial charge in [0, 0.05) is 38.3 Å². The Morgan fingerprint density at radius 3 is 2.24 bits per heavy atom. The highest BCUT2D eigenvalue weighted by atomic mass is 16.3. The van der Waals surface area contributed by atoms with Crippen molar-refractivity contribution >= 4 is 0 Å². The van der Waals surface area contributed by atoms with Gasteiger partial charge < -0.3 is 5.11 Å². The molecule has 1 N–H and O–H groups in total. The van der Waals surface area contributed by atoms with E-state index in [9.17, 15) is 5.11 Å². The molecule has 3 heteroatoms. The molecule has 3 unspecified atom stereocenters. The minimum absolute atomic E-state index is 0.302. The number of piperazine rings is 1. The predicted molar refractivity (Wildman–Crippen MR) is 84.4 cm³/mol. The number of hydrogen-bond acceptors (Lipinski definition) is 3. The van der Waals surface area contributed by atoms with Crippen molar-refractivity contribution < 1.29 is 5.11 Å². The summed E-state index contributed by atoms with van der Waals surface area (Å²) in [5.74, 6) is 0.552. The maximum absolute atomic E-state index is 10.8. The first-order chi connectivity index (χ1) is 10.2. The van der Waals surface area contributed by atoms with E-state index >= 15 is 0 Å². The molecule has 1 heterocycles. The zero-order valence-electron chi connectivity index (χ0n) is 12.9. The molecule has 1 aromatic carbocycles. The van der Waals surface area contributed by atoms with Crippen molar-refractivity contribution in [2.45, 2.75) is 50.3 Å². The van der Waals surface area contributed by atoms with Gasteiger partial charge in [-0.25, -0.2) is 0 Å². The summed E-state index contributed by atoms with van der Waals surface area (Å²) in [5.41, 5.74) is 2.50. The van der Waals surface area contributed by atoms with Crippen LogP contribution in [0.15, 0.2) is 24.3 Å². The van der Waals surface area contributed by atoms with E-state index < -0.39 is 0 Å². The molecule has 1 saturated heterocycles. The Kier molecular flexibility index (Phi) is 3.52. The van der Waals surface area contributed by atoms with Gasteiger partial charge in [0.15, 0.2) is 0 Å². The van der Waals surface area contributed by atoms with Crippen molar-refractivity contribution in [3.63, 3.8) is 0 Å².